The number of thiazole rings is 1. The second-order valence-electron chi connectivity index (χ2n) is 7.42. The molecule has 0 saturated carbocycles. The summed E-state index contributed by atoms with van der Waals surface area (Å²) in [4.78, 5) is 16.9. The lowest BCUT2D eigenvalue weighted by Crippen LogP contribution is -2.29. The summed E-state index contributed by atoms with van der Waals surface area (Å²) in [6, 6.07) is 9.41. The zero-order chi connectivity index (χ0) is 25.1. The molecule has 1 N–H and O–H groups in total. The minimum absolute atomic E-state index is 0.0903. The standard InChI is InChI=1S/C22H21ClF3N3O3S2/c1-14-6-3-4-7-16(14)20(30)18-13-28-21(33-18)27-10-5-11-29(2)34(31,32)19-9-8-15(12-17(19)23)22(24,25)26/h3-4,6-9,12-13H,5,10-11H2,1-2H3,(H,27,28). The van der Waals surface area contributed by atoms with Crippen LogP contribution in [0.15, 0.2) is 53.6 Å². The molecule has 34 heavy (non-hydrogen) atoms. The quantitative estimate of drug-likeness (QED) is 0.292. The van der Waals surface area contributed by atoms with Gasteiger partial charge in [-0.15, -0.1) is 0 Å². The van der Waals surface area contributed by atoms with E-state index in [0.29, 0.717) is 40.7 Å². The van der Waals surface area contributed by atoms with Gasteiger partial charge in [0.1, 0.15) is 4.90 Å². The molecule has 0 aliphatic carbocycles. The van der Waals surface area contributed by atoms with E-state index in [1.165, 1.54) is 24.6 Å². The van der Waals surface area contributed by atoms with Crippen LogP contribution in [-0.2, 0) is 16.2 Å². The number of sulfonamides is 1. The van der Waals surface area contributed by atoms with Crippen molar-refractivity contribution < 1.29 is 26.4 Å². The average molecular weight is 532 g/mol. The SMILES string of the molecule is Cc1ccccc1C(=O)c1cnc(NCCCN(C)S(=O)(=O)c2ccc(C(F)(F)F)cc2Cl)s1. The normalized spacial score (nSPS) is 12.2. The summed E-state index contributed by atoms with van der Waals surface area (Å²) >= 11 is 7.03. The van der Waals surface area contributed by atoms with Gasteiger partial charge in [-0.2, -0.15) is 13.2 Å². The topological polar surface area (TPSA) is 79.4 Å². The van der Waals surface area contributed by atoms with E-state index in [0.717, 1.165) is 15.9 Å². The molecule has 0 aliphatic heterocycles. The van der Waals surface area contributed by atoms with E-state index in [4.69, 9.17) is 11.6 Å². The van der Waals surface area contributed by atoms with Crippen molar-refractivity contribution in [3.63, 3.8) is 0 Å². The molecule has 182 valence electrons. The number of hydrogen-bond acceptors (Lipinski definition) is 6. The van der Waals surface area contributed by atoms with Crippen LogP contribution in [0.25, 0.3) is 0 Å². The fourth-order valence-corrected chi connectivity index (χ4v) is 5.61. The number of anilines is 1. The molecular formula is C22H21ClF3N3O3S2. The van der Waals surface area contributed by atoms with Crippen LogP contribution < -0.4 is 5.32 Å². The van der Waals surface area contributed by atoms with E-state index in [1.54, 1.807) is 12.1 Å². The van der Waals surface area contributed by atoms with Crippen molar-refractivity contribution in [1.29, 1.82) is 0 Å². The van der Waals surface area contributed by atoms with Gasteiger partial charge in [-0.1, -0.05) is 47.2 Å². The Kier molecular flexibility index (Phi) is 8.02. The highest BCUT2D eigenvalue weighted by Gasteiger charge is 2.32. The van der Waals surface area contributed by atoms with Gasteiger partial charge in [-0.05, 0) is 37.1 Å². The fourth-order valence-electron chi connectivity index (χ4n) is 3.09. The first-order valence-corrected chi connectivity index (χ1v) is 12.7. The first-order valence-electron chi connectivity index (χ1n) is 10.0. The lowest BCUT2D eigenvalue weighted by molar-refractivity contribution is -0.137. The van der Waals surface area contributed by atoms with Gasteiger partial charge >= 0.3 is 6.18 Å². The van der Waals surface area contributed by atoms with Gasteiger partial charge in [0.15, 0.2) is 5.13 Å². The molecule has 0 fully saturated rings. The van der Waals surface area contributed by atoms with Crippen LogP contribution in [0.5, 0.6) is 0 Å². The lowest BCUT2D eigenvalue weighted by atomic mass is 10.0. The first kappa shape index (κ1) is 26.1. The molecule has 0 unspecified atom stereocenters. The number of nitrogens with zero attached hydrogens (tertiary/aromatic N) is 2. The molecule has 12 heteroatoms. The summed E-state index contributed by atoms with van der Waals surface area (Å²) in [6.45, 7) is 2.31. The highest BCUT2D eigenvalue weighted by atomic mass is 35.5. The average Bonchev–Trinajstić information content (AvgIpc) is 3.24. The summed E-state index contributed by atoms with van der Waals surface area (Å²) in [5.41, 5.74) is 0.450. The Balaban J connectivity index is 1.56. The van der Waals surface area contributed by atoms with E-state index in [9.17, 15) is 26.4 Å². The Morgan fingerprint density at radius 2 is 1.91 bits per heavy atom. The van der Waals surface area contributed by atoms with Crippen LogP contribution in [0, 0.1) is 6.92 Å². The molecule has 1 aromatic heterocycles. The summed E-state index contributed by atoms with van der Waals surface area (Å²) in [7, 11) is -2.75. The Morgan fingerprint density at radius 3 is 2.56 bits per heavy atom. The van der Waals surface area contributed by atoms with Gasteiger partial charge in [0.25, 0.3) is 0 Å². The third-order valence-electron chi connectivity index (χ3n) is 4.99. The molecular weight excluding hydrogens is 511 g/mol. The maximum atomic E-state index is 12.8. The molecule has 0 radical (unpaired) electrons. The second-order valence-corrected chi connectivity index (χ2v) is 10.9. The molecule has 3 aromatic rings. The largest absolute Gasteiger partial charge is 0.416 e. The van der Waals surface area contributed by atoms with Crippen LogP contribution in [0.3, 0.4) is 0 Å². The molecule has 1 heterocycles. The number of alkyl halides is 3. The van der Waals surface area contributed by atoms with E-state index in [2.05, 4.69) is 10.3 Å². The number of rotatable bonds is 9. The number of carbonyl (C=O) groups excluding carboxylic acids is 1. The van der Waals surface area contributed by atoms with Gasteiger partial charge < -0.3 is 5.32 Å². The van der Waals surface area contributed by atoms with Crippen molar-refractivity contribution in [2.45, 2.75) is 24.4 Å². The molecule has 3 rings (SSSR count). The van der Waals surface area contributed by atoms with Gasteiger partial charge in [0.2, 0.25) is 15.8 Å². The first-order chi connectivity index (χ1) is 15.9. The van der Waals surface area contributed by atoms with Crippen LogP contribution >= 0.6 is 22.9 Å². The Bertz CT molecular complexity index is 1290. The van der Waals surface area contributed by atoms with Crippen molar-refractivity contribution >= 4 is 43.9 Å². The van der Waals surface area contributed by atoms with Crippen molar-refractivity contribution in [2.75, 3.05) is 25.5 Å². The highest BCUT2D eigenvalue weighted by Crippen LogP contribution is 2.34. The Morgan fingerprint density at radius 1 is 1.21 bits per heavy atom. The number of hydrogen-bond donors (Lipinski definition) is 1. The summed E-state index contributed by atoms with van der Waals surface area (Å²) < 4.78 is 64.9. The Hall–Kier alpha value is -2.47. The summed E-state index contributed by atoms with van der Waals surface area (Å²) in [5, 5.41) is 3.08. The predicted molar refractivity (Wildman–Crippen MR) is 126 cm³/mol. The molecule has 0 aliphatic rings. The fraction of sp³-hybridized carbons (Fsp3) is 0.273. The molecule has 6 nitrogen and oxygen atoms in total. The van der Waals surface area contributed by atoms with Crippen LogP contribution in [0.1, 0.15) is 32.8 Å². The third-order valence-corrected chi connectivity index (χ3v) is 8.29. The summed E-state index contributed by atoms with van der Waals surface area (Å²) in [6.07, 6.45) is -2.75. The zero-order valence-corrected chi connectivity index (χ0v) is 20.6. The van der Waals surface area contributed by atoms with Gasteiger partial charge in [0.05, 0.1) is 21.7 Å². The van der Waals surface area contributed by atoms with Crippen LogP contribution in [0.2, 0.25) is 5.02 Å². The number of carbonyl (C=O) groups is 1. The smallest absolute Gasteiger partial charge is 0.361 e. The van der Waals surface area contributed by atoms with Crippen LogP contribution in [0.4, 0.5) is 18.3 Å². The number of halogens is 4. The predicted octanol–water partition coefficient (Wildman–Crippen LogP) is 5.48. The Labute approximate surface area is 204 Å². The van der Waals surface area contributed by atoms with Crippen molar-refractivity contribution in [3.05, 3.63) is 75.3 Å². The third kappa shape index (κ3) is 5.96. The molecule has 0 saturated heterocycles. The van der Waals surface area contributed by atoms with E-state index >= 15 is 0 Å². The van der Waals surface area contributed by atoms with E-state index < -0.39 is 31.7 Å². The van der Waals surface area contributed by atoms with Gasteiger partial charge in [0, 0.05) is 25.7 Å². The number of ketones is 1. The zero-order valence-electron chi connectivity index (χ0n) is 18.2. The molecule has 0 bridgehead atoms. The summed E-state index contributed by atoms with van der Waals surface area (Å²) in [5.74, 6) is -0.122. The van der Waals surface area contributed by atoms with Crippen LogP contribution in [-0.4, -0.2) is 43.6 Å². The molecule has 0 atom stereocenters. The van der Waals surface area contributed by atoms with Crippen molar-refractivity contribution in [3.8, 4) is 0 Å². The minimum Gasteiger partial charge on any atom is -0.361 e. The number of benzene rings is 2. The monoisotopic (exact) mass is 531 g/mol. The number of aryl methyl sites for hydroxylation is 1. The number of aromatic nitrogens is 1. The molecule has 0 amide bonds. The van der Waals surface area contributed by atoms with Crippen molar-refractivity contribution in [1.82, 2.24) is 9.29 Å². The van der Waals surface area contributed by atoms with Gasteiger partial charge in [-0.25, -0.2) is 17.7 Å². The molecule has 2 aromatic carbocycles. The maximum Gasteiger partial charge on any atom is 0.416 e. The minimum atomic E-state index is -4.62. The lowest BCUT2D eigenvalue weighted by Gasteiger charge is -2.18. The van der Waals surface area contributed by atoms with Gasteiger partial charge in [-0.3, -0.25) is 4.79 Å². The molecule has 0 spiro atoms. The second kappa shape index (κ2) is 10.4. The highest BCUT2D eigenvalue weighted by molar-refractivity contribution is 7.89. The maximum absolute atomic E-state index is 12.8. The van der Waals surface area contributed by atoms with E-state index in [1.807, 2.05) is 19.1 Å². The number of nitrogens with one attached hydrogen (secondary N) is 1. The van der Waals surface area contributed by atoms with Crippen molar-refractivity contribution in [2.24, 2.45) is 0 Å². The van der Waals surface area contributed by atoms with E-state index in [-0.39, 0.29) is 12.3 Å².